The van der Waals surface area contributed by atoms with Gasteiger partial charge in [-0.25, -0.2) is 4.98 Å². The Morgan fingerprint density at radius 1 is 1.00 bits per heavy atom. The van der Waals surface area contributed by atoms with Crippen LogP contribution in [-0.4, -0.2) is 22.0 Å². The van der Waals surface area contributed by atoms with Crippen LogP contribution in [0.3, 0.4) is 0 Å². The van der Waals surface area contributed by atoms with Crippen molar-refractivity contribution in [2.75, 3.05) is 11.4 Å². The average Bonchev–Trinajstić information content (AvgIpc) is 3.06. The normalized spacial score (nSPS) is 14.3. The van der Waals surface area contributed by atoms with Crippen molar-refractivity contribution >= 4 is 50.1 Å². The predicted molar refractivity (Wildman–Crippen MR) is 137 cm³/mol. The fourth-order valence-electron chi connectivity index (χ4n) is 4.23. The van der Waals surface area contributed by atoms with Crippen LogP contribution in [0, 0.1) is 6.92 Å². The molecule has 1 aromatic heterocycles. The molecule has 0 fully saturated rings. The van der Waals surface area contributed by atoms with Gasteiger partial charge >= 0.3 is 0 Å². The van der Waals surface area contributed by atoms with E-state index in [2.05, 4.69) is 15.9 Å². The minimum Gasteiger partial charge on any atom is -0.308 e. The van der Waals surface area contributed by atoms with E-state index in [4.69, 9.17) is 4.98 Å². The lowest BCUT2D eigenvalue weighted by Gasteiger charge is -2.15. The molecular formula is C27H22BrN3O2. The summed E-state index contributed by atoms with van der Waals surface area (Å²) in [6.45, 7) is 4.68. The standard InChI is InChI=1S/C27H22BrN3O2/c1-3-14-30-24-13-10-18(28)15-21(24)22(26(30)32)16-25-29-23-7-5-4-6-20(23)27(33)31(25)19-11-8-17(2)9-12-19/h4-13,15-16H,3,14H2,1-2H3/b22-16+. The molecule has 1 amide bonds. The van der Waals surface area contributed by atoms with Gasteiger partial charge < -0.3 is 4.90 Å². The molecule has 6 heteroatoms. The van der Waals surface area contributed by atoms with E-state index in [0.717, 1.165) is 27.7 Å². The number of anilines is 1. The van der Waals surface area contributed by atoms with Gasteiger partial charge in [0.05, 0.1) is 27.9 Å². The van der Waals surface area contributed by atoms with Crippen molar-refractivity contribution in [1.82, 2.24) is 9.55 Å². The second kappa shape index (κ2) is 8.45. The molecule has 2 heterocycles. The Labute approximate surface area is 200 Å². The van der Waals surface area contributed by atoms with Gasteiger partial charge in [-0.15, -0.1) is 0 Å². The number of aryl methyl sites for hydroxylation is 1. The third-order valence-electron chi connectivity index (χ3n) is 5.83. The van der Waals surface area contributed by atoms with Crippen LogP contribution in [-0.2, 0) is 4.79 Å². The van der Waals surface area contributed by atoms with Crippen LogP contribution >= 0.6 is 15.9 Å². The number of hydrogen-bond donors (Lipinski definition) is 0. The Balaban J connectivity index is 1.79. The molecule has 5 rings (SSSR count). The first kappa shape index (κ1) is 21.3. The summed E-state index contributed by atoms with van der Waals surface area (Å²) >= 11 is 3.53. The monoisotopic (exact) mass is 499 g/mol. The van der Waals surface area contributed by atoms with Crippen LogP contribution in [0.15, 0.2) is 76.0 Å². The van der Waals surface area contributed by atoms with Crippen LogP contribution in [0.25, 0.3) is 28.2 Å². The van der Waals surface area contributed by atoms with E-state index < -0.39 is 0 Å². The van der Waals surface area contributed by atoms with Crippen molar-refractivity contribution in [2.24, 2.45) is 0 Å². The fraction of sp³-hybridized carbons (Fsp3) is 0.148. The first-order valence-electron chi connectivity index (χ1n) is 10.9. The van der Waals surface area contributed by atoms with Crippen molar-refractivity contribution in [3.8, 4) is 5.69 Å². The van der Waals surface area contributed by atoms with Gasteiger partial charge in [-0.2, -0.15) is 0 Å². The lowest BCUT2D eigenvalue weighted by atomic mass is 10.1. The molecule has 4 aromatic rings. The number of nitrogens with zero attached hydrogens (tertiary/aromatic N) is 3. The van der Waals surface area contributed by atoms with E-state index in [1.165, 1.54) is 0 Å². The number of para-hydroxylation sites is 1. The molecule has 3 aromatic carbocycles. The molecule has 0 saturated heterocycles. The molecule has 0 N–H and O–H groups in total. The summed E-state index contributed by atoms with van der Waals surface area (Å²) in [5.41, 5.74) is 4.48. The molecule has 0 atom stereocenters. The van der Waals surface area contributed by atoms with Crippen LogP contribution < -0.4 is 10.5 Å². The molecule has 5 nitrogen and oxygen atoms in total. The van der Waals surface area contributed by atoms with E-state index in [0.29, 0.717) is 34.5 Å². The molecule has 1 aliphatic rings. The number of aromatic nitrogens is 2. The predicted octanol–water partition coefficient (Wildman–Crippen LogP) is 5.75. The molecule has 0 unspecified atom stereocenters. The lowest BCUT2D eigenvalue weighted by Crippen LogP contribution is -2.27. The third kappa shape index (κ3) is 3.70. The maximum Gasteiger partial charge on any atom is 0.266 e. The lowest BCUT2D eigenvalue weighted by molar-refractivity contribution is -0.113. The summed E-state index contributed by atoms with van der Waals surface area (Å²) in [5.74, 6) is 0.345. The van der Waals surface area contributed by atoms with Crippen molar-refractivity contribution in [3.05, 3.63) is 98.5 Å². The van der Waals surface area contributed by atoms with Crippen LogP contribution in [0.5, 0.6) is 0 Å². The number of amides is 1. The summed E-state index contributed by atoms with van der Waals surface area (Å²) < 4.78 is 2.48. The molecule has 33 heavy (non-hydrogen) atoms. The number of benzene rings is 3. The Morgan fingerprint density at radius 3 is 2.52 bits per heavy atom. The van der Waals surface area contributed by atoms with Gasteiger partial charge in [-0.1, -0.05) is 52.7 Å². The molecule has 0 bridgehead atoms. The van der Waals surface area contributed by atoms with Gasteiger partial charge in [-0.05, 0) is 61.9 Å². The Bertz CT molecular complexity index is 1490. The van der Waals surface area contributed by atoms with Gasteiger partial charge in [0.1, 0.15) is 5.82 Å². The summed E-state index contributed by atoms with van der Waals surface area (Å²) in [6.07, 6.45) is 2.59. The molecular weight excluding hydrogens is 478 g/mol. The Kier molecular flexibility index (Phi) is 5.46. The van der Waals surface area contributed by atoms with E-state index in [-0.39, 0.29) is 11.5 Å². The van der Waals surface area contributed by atoms with Gasteiger partial charge in [0, 0.05) is 16.6 Å². The number of fused-ring (bicyclic) bond motifs is 2. The van der Waals surface area contributed by atoms with E-state index in [9.17, 15) is 9.59 Å². The summed E-state index contributed by atoms with van der Waals surface area (Å²) in [6, 6.07) is 20.9. The number of halogens is 1. The SMILES string of the molecule is CCCN1C(=O)/C(=C/c2nc3ccccc3c(=O)n2-c2ccc(C)cc2)c2cc(Br)ccc21. The highest BCUT2D eigenvalue weighted by Crippen LogP contribution is 2.39. The minimum absolute atomic E-state index is 0.0807. The largest absolute Gasteiger partial charge is 0.308 e. The highest BCUT2D eigenvalue weighted by Gasteiger charge is 2.32. The number of carbonyl (C=O) groups excluding carboxylic acids is 1. The number of hydrogen-bond acceptors (Lipinski definition) is 3. The van der Waals surface area contributed by atoms with E-state index >= 15 is 0 Å². The van der Waals surface area contributed by atoms with Gasteiger partial charge in [-0.3, -0.25) is 14.2 Å². The maximum absolute atomic E-state index is 13.5. The van der Waals surface area contributed by atoms with Crippen LogP contribution in [0.1, 0.15) is 30.3 Å². The van der Waals surface area contributed by atoms with Crippen molar-refractivity contribution in [3.63, 3.8) is 0 Å². The first-order chi connectivity index (χ1) is 16.0. The molecule has 0 saturated carbocycles. The smallest absolute Gasteiger partial charge is 0.266 e. The fourth-order valence-corrected chi connectivity index (χ4v) is 4.59. The molecule has 0 radical (unpaired) electrons. The van der Waals surface area contributed by atoms with Crippen molar-refractivity contribution < 1.29 is 4.79 Å². The quantitative estimate of drug-likeness (QED) is 0.335. The molecule has 0 aliphatic carbocycles. The van der Waals surface area contributed by atoms with Crippen LogP contribution in [0.2, 0.25) is 0 Å². The average molecular weight is 500 g/mol. The molecule has 1 aliphatic heterocycles. The maximum atomic E-state index is 13.5. The minimum atomic E-state index is -0.165. The second-order valence-corrected chi connectivity index (χ2v) is 9.06. The zero-order valence-electron chi connectivity index (χ0n) is 18.4. The van der Waals surface area contributed by atoms with Crippen molar-refractivity contribution in [1.29, 1.82) is 0 Å². The third-order valence-corrected chi connectivity index (χ3v) is 6.32. The second-order valence-electron chi connectivity index (χ2n) is 8.14. The van der Waals surface area contributed by atoms with Gasteiger partial charge in [0.25, 0.3) is 11.5 Å². The zero-order valence-corrected chi connectivity index (χ0v) is 20.0. The highest BCUT2D eigenvalue weighted by molar-refractivity contribution is 9.10. The zero-order chi connectivity index (χ0) is 23.1. The number of carbonyl (C=O) groups is 1. The van der Waals surface area contributed by atoms with Gasteiger partial charge in [0.2, 0.25) is 0 Å². The van der Waals surface area contributed by atoms with E-state index in [1.54, 1.807) is 21.6 Å². The Hall–Kier alpha value is -3.51. The van der Waals surface area contributed by atoms with Crippen molar-refractivity contribution in [2.45, 2.75) is 20.3 Å². The highest BCUT2D eigenvalue weighted by atomic mass is 79.9. The van der Waals surface area contributed by atoms with E-state index in [1.807, 2.05) is 74.5 Å². The summed E-state index contributed by atoms with van der Waals surface area (Å²) in [5, 5.41) is 0.536. The van der Waals surface area contributed by atoms with Crippen LogP contribution in [0.4, 0.5) is 5.69 Å². The molecule has 0 spiro atoms. The number of rotatable bonds is 4. The first-order valence-corrected chi connectivity index (χ1v) is 11.7. The summed E-state index contributed by atoms with van der Waals surface area (Å²) in [4.78, 5) is 33.6. The molecule has 164 valence electrons. The topological polar surface area (TPSA) is 55.2 Å². The van der Waals surface area contributed by atoms with Gasteiger partial charge in [0.15, 0.2) is 0 Å². The summed E-state index contributed by atoms with van der Waals surface area (Å²) in [7, 11) is 0. The Morgan fingerprint density at radius 2 is 1.76 bits per heavy atom.